The average Bonchev–Trinajstić information content (AvgIpc) is 3.32. The average molecular weight is 489 g/mol. The van der Waals surface area contributed by atoms with E-state index in [4.69, 9.17) is 4.42 Å². The molecule has 0 aliphatic carbocycles. The van der Waals surface area contributed by atoms with Crippen LogP contribution in [0, 0.1) is 0 Å². The van der Waals surface area contributed by atoms with E-state index < -0.39 is 0 Å². The summed E-state index contributed by atoms with van der Waals surface area (Å²) in [7, 11) is 0. The SMILES string of the molecule is CCCCCCCCCCCCCCCc1ccc(CCCCCCCCCCCCCCC)o1. The van der Waals surface area contributed by atoms with Crippen molar-refractivity contribution in [1.82, 2.24) is 0 Å². The first-order valence-corrected chi connectivity index (χ1v) is 16.4. The predicted molar refractivity (Wildman–Crippen MR) is 158 cm³/mol. The Kier molecular flexibility index (Phi) is 24.3. The fourth-order valence-corrected chi connectivity index (χ4v) is 5.33. The van der Waals surface area contributed by atoms with Crippen LogP contribution in [0.4, 0.5) is 0 Å². The molecule has 35 heavy (non-hydrogen) atoms. The van der Waals surface area contributed by atoms with Crippen molar-refractivity contribution in [2.75, 3.05) is 0 Å². The van der Waals surface area contributed by atoms with Gasteiger partial charge in [-0.3, -0.25) is 0 Å². The lowest BCUT2D eigenvalue weighted by molar-refractivity contribution is 0.444. The second-order valence-electron chi connectivity index (χ2n) is 11.4. The zero-order valence-corrected chi connectivity index (χ0v) is 24.4. The third kappa shape index (κ3) is 22.2. The van der Waals surface area contributed by atoms with E-state index in [2.05, 4.69) is 26.0 Å². The summed E-state index contributed by atoms with van der Waals surface area (Å²) in [5, 5.41) is 0. The molecule has 0 aromatic carbocycles. The van der Waals surface area contributed by atoms with Crippen LogP contribution in [0.1, 0.15) is 192 Å². The van der Waals surface area contributed by atoms with E-state index in [1.165, 1.54) is 178 Å². The van der Waals surface area contributed by atoms with Gasteiger partial charge in [0.05, 0.1) is 0 Å². The Labute approximate surface area is 221 Å². The van der Waals surface area contributed by atoms with E-state index in [0.717, 1.165) is 12.8 Å². The Morgan fingerprint density at radius 2 is 0.571 bits per heavy atom. The van der Waals surface area contributed by atoms with Gasteiger partial charge in [0, 0.05) is 12.8 Å². The van der Waals surface area contributed by atoms with Crippen LogP contribution in [0.25, 0.3) is 0 Å². The fourth-order valence-electron chi connectivity index (χ4n) is 5.33. The molecule has 0 spiro atoms. The van der Waals surface area contributed by atoms with Crippen molar-refractivity contribution in [3.8, 4) is 0 Å². The molecule has 0 unspecified atom stereocenters. The van der Waals surface area contributed by atoms with E-state index in [-0.39, 0.29) is 0 Å². The maximum Gasteiger partial charge on any atom is 0.104 e. The summed E-state index contributed by atoms with van der Waals surface area (Å²) in [6.45, 7) is 4.60. The molecule has 0 bridgehead atoms. The second kappa shape index (κ2) is 26.3. The summed E-state index contributed by atoms with van der Waals surface area (Å²) in [6, 6.07) is 4.47. The highest BCUT2D eigenvalue weighted by Crippen LogP contribution is 2.17. The molecule has 1 aromatic heterocycles. The largest absolute Gasteiger partial charge is 0.466 e. The molecule has 0 fully saturated rings. The Morgan fingerprint density at radius 3 is 0.829 bits per heavy atom. The van der Waals surface area contributed by atoms with Crippen LogP contribution in [0.15, 0.2) is 16.5 Å². The van der Waals surface area contributed by atoms with E-state index in [1.807, 2.05) is 0 Å². The molecule has 0 amide bonds. The van der Waals surface area contributed by atoms with Crippen molar-refractivity contribution >= 4 is 0 Å². The van der Waals surface area contributed by atoms with E-state index in [9.17, 15) is 0 Å². The lowest BCUT2D eigenvalue weighted by Crippen LogP contribution is -1.86. The highest BCUT2D eigenvalue weighted by Gasteiger charge is 2.03. The topological polar surface area (TPSA) is 13.1 Å². The molecular formula is C34H64O. The highest BCUT2D eigenvalue weighted by molar-refractivity contribution is 5.07. The van der Waals surface area contributed by atoms with Gasteiger partial charge in [0.2, 0.25) is 0 Å². The molecule has 0 aliphatic rings. The Hall–Kier alpha value is -0.720. The number of aryl methyl sites for hydroxylation is 2. The van der Waals surface area contributed by atoms with Crippen LogP contribution in [-0.4, -0.2) is 0 Å². The Bertz CT molecular complexity index is 472. The van der Waals surface area contributed by atoms with Crippen LogP contribution in [0.2, 0.25) is 0 Å². The summed E-state index contributed by atoms with van der Waals surface area (Å²) < 4.78 is 6.10. The fraction of sp³-hybridized carbons (Fsp3) is 0.882. The summed E-state index contributed by atoms with van der Waals surface area (Å²) in [5.74, 6) is 2.44. The zero-order chi connectivity index (χ0) is 25.1. The standard InChI is InChI=1S/C34H64O/c1-3-5-7-9-11-13-15-17-19-21-23-25-27-29-33-31-32-34(35-33)30-28-26-24-22-20-18-16-14-12-10-8-6-4-2/h31-32H,3-30H2,1-2H3. The van der Waals surface area contributed by atoms with Crippen molar-refractivity contribution in [2.45, 2.75) is 194 Å². The molecule has 0 saturated heterocycles. The monoisotopic (exact) mass is 488 g/mol. The smallest absolute Gasteiger partial charge is 0.104 e. The van der Waals surface area contributed by atoms with Crippen LogP contribution in [0.3, 0.4) is 0 Å². The summed E-state index contributed by atoms with van der Waals surface area (Å²) >= 11 is 0. The molecular weight excluding hydrogens is 424 g/mol. The first-order valence-electron chi connectivity index (χ1n) is 16.4. The predicted octanol–water partition coefficient (Wildman–Crippen LogP) is 12.5. The Balaban J connectivity index is 1.82. The summed E-state index contributed by atoms with van der Waals surface area (Å²) in [6.07, 6.45) is 39.2. The molecule has 1 aromatic rings. The third-order valence-electron chi connectivity index (χ3n) is 7.77. The molecule has 206 valence electrons. The number of hydrogen-bond donors (Lipinski definition) is 0. The number of hydrogen-bond acceptors (Lipinski definition) is 1. The van der Waals surface area contributed by atoms with Crippen LogP contribution in [0.5, 0.6) is 0 Å². The lowest BCUT2D eigenvalue weighted by Gasteiger charge is -2.03. The first kappa shape index (κ1) is 32.3. The van der Waals surface area contributed by atoms with Crippen molar-refractivity contribution in [3.05, 3.63) is 23.7 Å². The molecule has 0 atom stereocenters. The Morgan fingerprint density at radius 1 is 0.343 bits per heavy atom. The maximum atomic E-state index is 6.10. The van der Waals surface area contributed by atoms with Gasteiger partial charge in [-0.05, 0) is 25.0 Å². The quantitative estimate of drug-likeness (QED) is 0.107. The maximum absolute atomic E-state index is 6.10. The highest BCUT2D eigenvalue weighted by atomic mass is 16.3. The minimum Gasteiger partial charge on any atom is -0.466 e. The first-order chi connectivity index (χ1) is 17.4. The summed E-state index contributed by atoms with van der Waals surface area (Å²) in [5.41, 5.74) is 0. The lowest BCUT2D eigenvalue weighted by atomic mass is 10.0. The molecule has 1 rings (SSSR count). The van der Waals surface area contributed by atoms with Gasteiger partial charge >= 0.3 is 0 Å². The van der Waals surface area contributed by atoms with Crippen LogP contribution in [-0.2, 0) is 12.8 Å². The number of rotatable bonds is 28. The third-order valence-corrected chi connectivity index (χ3v) is 7.77. The zero-order valence-electron chi connectivity index (χ0n) is 24.4. The van der Waals surface area contributed by atoms with Gasteiger partial charge in [-0.25, -0.2) is 0 Å². The van der Waals surface area contributed by atoms with Crippen LogP contribution < -0.4 is 0 Å². The van der Waals surface area contributed by atoms with Gasteiger partial charge in [0.1, 0.15) is 11.5 Å². The van der Waals surface area contributed by atoms with Crippen molar-refractivity contribution in [1.29, 1.82) is 0 Å². The van der Waals surface area contributed by atoms with E-state index >= 15 is 0 Å². The molecule has 0 aliphatic heterocycles. The number of unbranched alkanes of at least 4 members (excludes halogenated alkanes) is 24. The van der Waals surface area contributed by atoms with Gasteiger partial charge in [0.15, 0.2) is 0 Å². The molecule has 1 nitrogen and oxygen atoms in total. The van der Waals surface area contributed by atoms with Crippen molar-refractivity contribution < 1.29 is 4.42 Å². The van der Waals surface area contributed by atoms with Crippen molar-refractivity contribution in [2.24, 2.45) is 0 Å². The van der Waals surface area contributed by atoms with Gasteiger partial charge in [0.25, 0.3) is 0 Å². The van der Waals surface area contributed by atoms with Gasteiger partial charge in [-0.2, -0.15) is 0 Å². The minimum atomic E-state index is 1.14. The van der Waals surface area contributed by atoms with Crippen molar-refractivity contribution in [3.63, 3.8) is 0 Å². The van der Waals surface area contributed by atoms with Gasteiger partial charge < -0.3 is 4.42 Å². The molecule has 1 heterocycles. The molecule has 0 N–H and O–H groups in total. The second-order valence-corrected chi connectivity index (χ2v) is 11.4. The molecule has 1 heteroatoms. The van der Waals surface area contributed by atoms with E-state index in [1.54, 1.807) is 0 Å². The molecule has 0 radical (unpaired) electrons. The van der Waals surface area contributed by atoms with Gasteiger partial charge in [-0.1, -0.05) is 168 Å². The minimum absolute atomic E-state index is 1.14. The van der Waals surface area contributed by atoms with E-state index in [0.29, 0.717) is 0 Å². The van der Waals surface area contributed by atoms with Crippen LogP contribution >= 0.6 is 0 Å². The number of furan rings is 1. The molecule has 0 saturated carbocycles. The normalized spacial score (nSPS) is 11.5. The van der Waals surface area contributed by atoms with Gasteiger partial charge in [-0.15, -0.1) is 0 Å². The summed E-state index contributed by atoms with van der Waals surface area (Å²) in [4.78, 5) is 0.